The third-order valence-electron chi connectivity index (χ3n) is 7.60. The smallest absolute Gasteiger partial charge is 0.368 e. The summed E-state index contributed by atoms with van der Waals surface area (Å²) < 4.78 is 76.1. The lowest BCUT2D eigenvalue weighted by molar-refractivity contribution is -0.138. The van der Waals surface area contributed by atoms with Gasteiger partial charge in [-0.05, 0) is 65.7 Å². The molecule has 0 aliphatic heterocycles. The molecule has 2 amide bonds. The number of nitrogens with zero attached hydrogens (tertiary/aromatic N) is 4. The molecule has 0 bridgehead atoms. The van der Waals surface area contributed by atoms with Gasteiger partial charge in [0.05, 0.1) is 35.1 Å². The topological polar surface area (TPSA) is 162 Å². The number of nitrogen functional groups attached to an aromatic ring is 2. The highest BCUT2D eigenvalue weighted by Gasteiger charge is 2.31. The van der Waals surface area contributed by atoms with Crippen LogP contribution in [-0.2, 0) is 34.8 Å². The molecule has 292 valence electrons. The normalized spacial score (nSPS) is 10.7. The number of hydrogen-bond donors (Lipinski definition) is 4. The highest BCUT2D eigenvalue weighted by molar-refractivity contribution is 5.93. The molecule has 0 saturated heterocycles. The summed E-state index contributed by atoms with van der Waals surface area (Å²) in [7, 11) is 0. The first-order valence-corrected chi connectivity index (χ1v) is 16.9. The van der Waals surface area contributed by atoms with Gasteiger partial charge < -0.3 is 22.1 Å². The lowest BCUT2D eigenvalue weighted by Crippen LogP contribution is -2.15. The minimum absolute atomic E-state index is 0.0448. The van der Waals surface area contributed by atoms with Crippen molar-refractivity contribution in [2.75, 3.05) is 22.1 Å². The van der Waals surface area contributed by atoms with Crippen molar-refractivity contribution in [1.29, 1.82) is 0 Å². The summed E-state index contributed by atoms with van der Waals surface area (Å²) >= 11 is 0. The third kappa shape index (κ3) is 13.2. The second-order valence-electron chi connectivity index (χ2n) is 12.2. The molecule has 10 nitrogen and oxygen atoms in total. The zero-order chi connectivity index (χ0) is 41.7. The highest BCUT2D eigenvalue weighted by atomic mass is 19.4. The Morgan fingerprint density at radius 1 is 0.500 bits per heavy atom. The van der Waals surface area contributed by atoms with Crippen LogP contribution in [-0.4, -0.2) is 31.8 Å². The Kier molecular flexibility index (Phi) is 13.4. The molecule has 4 aromatic carbocycles. The SMILES string of the molecule is Nc1ncc(C#Cc2cccc(NC(=O)Cc3ccc(C(F)(F)F)cc3)c2)cn1.Nc1ncc(C#Cc2cccc(NC(=O)Cc3cccc(C(F)(F)F)c3)c2)cn1. The van der Waals surface area contributed by atoms with E-state index in [1.807, 2.05) is 0 Å². The van der Waals surface area contributed by atoms with Crippen LogP contribution in [0, 0.1) is 23.7 Å². The van der Waals surface area contributed by atoms with Crippen molar-refractivity contribution in [3.63, 3.8) is 0 Å². The number of rotatable bonds is 6. The zero-order valence-corrected chi connectivity index (χ0v) is 30.0. The maximum absolute atomic E-state index is 12.8. The monoisotopic (exact) mass is 792 g/mol. The number of nitrogens with one attached hydrogen (secondary N) is 2. The van der Waals surface area contributed by atoms with Gasteiger partial charge in [-0.1, -0.05) is 66.1 Å². The number of alkyl halides is 6. The molecule has 6 rings (SSSR count). The van der Waals surface area contributed by atoms with Gasteiger partial charge in [0.2, 0.25) is 23.7 Å². The Morgan fingerprint density at radius 3 is 1.36 bits per heavy atom. The van der Waals surface area contributed by atoms with Crippen LogP contribution in [0.25, 0.3) is 0 Å². The molecule has 6 aromatic rings. The summed E-state index contributed by atoms with van der Waals surface area (Å²) in [6.45, 7) is 0. The van der Waals surface area contributed by atoms with E-state index < -0.39 is 29.4 Å². The minimum Gasteiger partial charge on any atom is -0.368 e. The van der Waals surface area contributed by atoms with Crippen LogP contribution in [0.1, 0.15) is 44.5 Å². The van der Waals surface area contributed by atoms with Gasteiger partial charge in [0.1, 0.15) is 0 Å². The van der Waals surface area contributed by atoms with Gasteiger partial charge in [-0.25, -0.2) is 19.9 Å². The molecular weight excluding hydrogens is 763 g/mol. The Morgan fingerprint density at radius 2 is 0.914 bits per heavy atom. The van der Waals surface area contributed by atoms with Crippen LogP contribution in [0.3, 0.4) is 0 Å². The highest BCUT2D eigenvalue weighted by Crippen LogP contribution is 2.30. The molecule has 16 heteroatoms. The molecule has 58 heavy (non-hydrogen) atoms. The van der Waals surface area contributed by atoms with E-state index in [4.69, 9.17) is 11.5 Å². The second-order valence-corrected chi connectivity index (χ2v) is 12.2. The summed E-state index contributed by atoms with van der Waals surface area (Å²) in [4.78, 5) is 39.8. The molecule has 0 radical (unpaired) electrons. The number of benzene rings is 4. The number of anilines is 4. The lowest BCUT2D eigenvalue weighted by Gasteiger charge is -2.09. The van der Waals surface area contributed by atoms with Crippen molar-refractivity contribution >= 4 is 35.1 Å². The Labute approximate surface area is 327 Å². The summed E-state index contributed by atoms with van der Waals surface area (Å²) in [6, 6.07) is 22.9. The van der Waals surface area contributed by atoms with Crippen LogP contribution in [0.2, 0.25) is 0 Å². The first-order valence-electron chi connectivity index (χ1n) is 16.9. The van der Waals surface area contributed by atoms with Crippen LogP contribution in [0.4, 0.5) is 49.6 Å². The molecule has 0 fully saturated rings. The number of nitrogens with two attached hydrogens (primary N) is 2. The molecule has 6 N–H and O–H groups in total. The number of aromatic nitrogens is 4. The van der Waals surface area contributed by atoms with E-state index in [0.29, 0.717) is 39.2 Å². The summed E-state index contributed by atoms with van der Waals surface area (Å²) in [5.74, 6) is 11.2. The first-order chi connectivity index (χ1) is 27.6. The van der Waals surface area contributed by atoms with Crippen molar-refractivity contribution in [2.45, 2.75) is 25.2 Å². The van der Waals surface area contributed by atoms with Gasteiger partial charge in [-0.15, -0.1) is 0 Å². The predicted octanol–water partition coefficient (Wildman–Crippen LogP) is 7.32. The molecule has 0 saturated carbocycles. The standard InChI is InChI=1S/2C21H15F3N4O/c22-21(23,24)17-5-1-4-15(9-17)11-19(29)28-18-6-2-3-14(10-18)7-8-16-12-26-20(25)27-13-16;22-21(23,24)17-8-6-15(7-9-17)11-19(29)28-18-3-1-2-14(10-18)4-5-16-12-26-20(25)27-13-16/h1-6,9-10,12-13H,11H2,(H,28,29)(H2,25,26,27);1-3,6-10,12-13H,11H2,(H,28,29)(H2,25,26,27). The number of carbonyl (C=O) groups is 2. The molecule has 0 aliphatic rings. The van der Waals surface area contributed by atoms with E-state index in [1.165, 1.54) is 49.1 Å². The Hall–Kier alpha value is -7.72. The zero-order valence-electron chi connectivity index (χ0n) is 30.0. The van der Waals surface area contributed by atoms with Crippen LogP contribution in [0.15, 0.2) is 122 Å². The van der Waals surface area contributed by atoms with Gasteiger partial charge >= 0.3 is 12.4 Å². The van der Waals surface area contributed by atoms with E-state index in [9.17, 15) is 35.9 Å². The maximum atomic E-state index is 12.8. The summed E-state index contributed by atoms with van der Waals surface area (Å²) in [6.07, 6.45) is -3.07. The van der Waals surface area contributed by atoms with Crippen molar-refractivity contribution < 1.29 is 35.9 Å². The number of amides is 2. The maximum Gasteiger partial charge on any atom is 0.416 e. The van der Waals surface area contributed by atoms with E-state index in [-0.39, 0.29) is 36.2 Å². The van der Waals surface area contributed by atoms with E-state index in [2.05, 4.69) is 54.3 Å². The number of halogens is 6. The molecule has 2 aromatic heterocycles. The minimum atomic E-state index is -4.45. The predicted molar refractivity (Wildman–Crippen MR) is 205 cm³/mol. The quantitative estimate of drug-likeness (QED) is 0.101. The van der Waals surface area contributed by atoms with Crippen molar-refractivity contribution in [3.05, 3.63) is 166 Å². The fraction of sp³-hybridized carbons (Fsp3) is 0.0952. The number of carbonyl (C=O) groups excluding carboxylic acids is 2. The summed E-state index contributed by atoms with van der Waals surface area (Å²) in [5, 5.41) is 5.38. The third-order valence-corrected chi connectivity index (χ3v) is 7.60. The summed E-state index contributed by atoms with van der Waals surface area (Å²) in [5.41, 5.74) is 13.6. The van der Waals surface area contributed by atoms with Gasteiger partial charge in [0.25, 0.3) is 0 Å². The van der Waals surface area contributed by atoms with Crippen LogP contribution >= 0.6 is 0 Å². The fourth-order valence-corrected chi connectivity index (χ4v) is 4.89. The van der Waals surface area contributed by atoms with E-state index in [1.54, 1.807) is 48.5 Å². The lowest BCUT2D eigenvalue weighted by atomic mass is 10.1. The molecule has 2 heterocycles. The molecule has 0 spiro atoms. The largest absolute Gasteiger partial charge is 0.416 e. The van der Waals surface area contributed by atoms with Crippen molar-refractivity contribution in [1.82, 2.24) is 19.9 Å². The van der Waals surface area contributed by atoms with Gasteiger partial charge in [0.15, 0.2) is 0 Å². The van der Waals surface area contributed by atoms with Gasteiger partial charge in [0, 0.05) is 47.3 Å². The number of hydrogen-bond acceptors (Lipinski definition) is 8. The molecule has 0 atom stereocenters. The Balaban J connectivity index is 0.000000221. The van der Waals surface area contributed by atoms with Crippen LogP contribution in [0.5, 0.6) is 0 Å². The average molecular weight is 793 g/mol. The van der Waals surface area contributed by atoms with Crippen molar-refractivity contribution in [2.24, 2.45) is 0 Å². The Bertz CT molecular complexity index is 2500. The average Bonchev–Trinajstić information content (AvgIpc) is 3.17. The van der Waals surface area contributed by atoms with Gasteiger partial charge in [-0.2, -0.15) is 26.3 Å². The van der Waals surface area contributed by atoms with Crippen molar-refractivity contribution in [3.8, 4) is 23.7 Å². The molecule has 0 unspecified atom stereocenters. The van der Waals surface area contributed by atoms with Crippen LogP contribution < -0.4 is 22.1 Å². The van der Waals surface area contributed by atoms with E-state index in [0.717, 1.165) is 24.3 Å². The fourth-order valence-electron chi connectivity index (χ4n) is 4.89. The van der Waals surface area contributed by atoms with Gasteiger partial charge in [-0.3, -0.25) is 9.59 Å². The first kappa shape index (κ1) is 41.4. The molecule has 0 aliphatic carbocycles. The second kappa shape index (κ2) is 18.7. The molecular formula is C42H30F6N8O2. The van der Waals surface area contributed by atoms with E-state index >= 15 is 0 Å².